The van der Waals surface area contributed by atoms with Crippen molar-refractivity contribution in [3.05, 3.63) is 35.9 Å². The number of benzene rings is 1. The van der Waals surface area contributed by atoms with Crippen LogP contribution >= 0.6 is 0 Å². The third kappa shape index (κ3) is 5.29. The number of carbonyl (C=O) groups is 1. The van der Waals surface area contributed by atoms with Crippen molar-refractivity contribution in [3.63, 3.8) is 0 Å². The first-order chi connectivity index (χ1) is 7.68. The Labute approximate surface area is 95.9 Å². The molecule has 16 heavy (non-hydrogen) atoms. The van der Waals surface area contributed by atoms with E-state index in [4.69, 9.17) is 10.1 Å². The summed E-state index contributed by atoms with van der Waals surface area (Å²) < 4.78 is 4.99. The van der Waals surface area contributed by atoms with Crippen LogP contribution in [-0.4, -0.2) is 18.3 Å². The molecule has 0 saturated heterocycles. The molecule has 3 nitrogen and oxygen atoms in total. The molecule has 0 amide bonds. The van der Waals surface area contributed by atoms with Gasteiger partial charge in [-0.3, -0.25) is 4.79 Å². The van der Waals surface area contributed by atoms with Crippen LogP contribution in [0.15, 0.2) is 30.3 Å². The lowest BCUT2D eigenvalue weighted by Crippen LogP contribution is -2.09. The van der Waals surface area contributed by atoms with Crippen LogP contribution in [0.5, 0.6) is 0 Å². The van der Waals surface area contributed by atoms with E-state index in [-0.39, 0.29) is 12.4 Å². The van der Waals surface area contributed by atoms with Crippen LogP contribution in [0.1, 0.15) is 25.3 Å². The minimum atomic E-state index is -0.305. The molecule has 0 heterocycles. The second-order valence-corrected chi connectivity index (χ2v) is 3.77. The largest absolute Gasteiger partial charge is 0.465 e. The highest BCUT2D eigenvalue weighted by Crippen LogP contribution is 2.02. The van der Waals surface area contributed by atoms with Crippen LogP contribution in [0.25, 0.3) is 0 Å². The van der Waals surface area contributed by atoms with Gasteiger partial charge in [-0.15, -0.1) is 0 Å². The van der Waals surface area contributed by atoms with E-state index in [1.807, 2.05) is 18.2 Å². The van der Waals surface area contributed by atoms with Gasteiger partial charge in [0.15, 0.2) is 0 Å². The highest BCUT2D eigenvalue weighted by molar-refractivity contribution is 5.95. The Bertz CT molecular complexity index is 346. The van der Waals surface area contributed by atoms with Crippen molar-refractivity contribution in [2.24, 2.45) is 0 Å². The average Bonchev–Trinajstić information content (AvgIpc) is 2.25. The van der Waals surface area contributed by atoms with Crippen molar-refractivity contribution in [1.82, 2.24) is 0 Å². The quantitative estimate of drug-likeness (QED) is 0.454. The summed E-state index contributed by atoms with van der Waals surface area (Å²) in [5.41, 5.74) is 1.59. The summed E-state index contributed by atoms with van der Waals surface area (Å²) in [5.74, 6) is -0.305. The summed E-state index contributed by atoms with van der Waals surface area (Å²) in [7, 11) is 0. The van der Waals surface area contributed by atoms with E-state index < -0.39 is 0 Å². The molecule has 0 aliphatic heterocycles. The molecule has 1 aromatic carbocycles. The molecule has 0 aliphatic carbocycles. The highest BCUT2D eigenvalue weighted by Gasteiger charge is 2.03. The lowest BCUT2D eigenvalue weighted by molar-refractivity contribution is -0.142. The van der Waals surface area contributed by atoms with Crippen molar-refractivity contribution in [2.75, 3.05) is 6.61 Å². The van der Waals surface area contributed by atoms with Crippen molar-refractivity contribution in [3.8, 4) is 0 Å². The predicted octanol–water partition coefficient (Wildman–Crippen LogP) is 2.59. The Morgan fingerprint density at radius 2 is 2.00 bits per heavy atom. The zero-order valence-electron chi connectivity index (χ0n) is 9.53. The summed E-state index contributed by atoms with van der Waals surface area (Å²) in [6.07, 6.45) is 1.84. The molecular formula is C13H17NO2. The maximum atomic E-state index is 11.1. The Kier molecular flexibility index (Phi) is 5.26. The van der Waals surface area contributed by atoms with Gasteiger partial charge in [0.1, 0.15) is 0 Å². The monoisotopic (exact) mass is 219 g/mol. The third-order valence-corrected chi connectivity index (χ3v) is 2.13. The van der Waals surface area contributed by atoms with E-state index in [1.54, 1.807) is 6.92 Å². The van der Waals surface area contributed by atoms with Crippen LogP contribution in [0.3, 0.4) is 0 Å². The second-order valence-electron chi connectivity index (χ2n) is 3.77. The topological polar surface area (TPSA) is 50.2 Å². The normalized spacial score (nSPS) is 9.81. The molecule has 3 heteroatoms. The molecule has 0 radical (unpaired) electrons. The second kappa shape index (κ2) is 6.77. The van der Waals surface area contributed by atoms with Gasteiger partial charge >= 0.3 is 5.97 Å². The lowest BCUT2D eigenvalue weighted by atomic mass is 10.1. The molecule has 1 N–H and O–H groups in total. The molecule has 0 spiro atoms. The molecule has 0 fully saturated rings. The molecule has 0 saturated carbocycles. The summed E-state index contributed by atoms with van der Waals surface area (Å²) in [6.45, 7) is 2.03. The Morgan fingerprint density at radius 3 is 2.62 bits per heavy atom. The van der Waals surface area contributed by atoms with Crippen LogP contribution in [0.2, 0.25) is 0 Å². The van der Waals surface area contributed by atoms with Gasteiger partial charge in [0.05, 0.1) is 13.0 Å². The maximum Gasteiger partial charge on any atom is 0.311 e. The molecule has 1 rings (SSSR count). The standard InChI is InChI=1S/C13H17NO2/c1-11(14)10-13(15)16-9-5-8-12-6-3-2-4-7-12/h2-4,6-7,14H,5,8-10H2,1H3. The number of hydrogen-bond acceptors (Lipinski definition) is 3. The van der Waals surface area contributed by atoms with Gasteiger partial charge in [-0.2, -0.15) is 0 Å². The van der Waals surface area contributed by atoms with Crippen molar-refractivity contribution in [1.29, 1.82) is 5.41 Å². The lowest BCUT2D eigenvalue weighted by Gasteiger charge is -2.04. The molecule has 0 atom stereocenters. The van der Waals surface area contributed by atoms with Gasteiger partial charge in [-0.25, -0.2) is 0 Å². The van der Waals surface area contributed by atoms with Crippen molar-refractivity contribution in [2.45, 2.75) is 26.2 Å². The highest BCUT2D eigenvalue weighted by atomic mass is 16.5. The molecule has 0 bridgehead atoms. The van der Waals surface area contributed by atoms with Crippen LogP contribution in [-0.2, 0) is 16.0 Å². The first-order valence-corrected chi connectivity index (χ1v) is 5.42. The average molecular weight is 219 g/mol. The van der Waals surface area contributed by atoms with Gasteiger partial charge in [-0.05, 0) is 25.3 Å². The number of ether oxygens (including phenoxy) is 1. The fourth-order valence-corrected chi connectivity index (χ4v) is 1.37. The van der Waals surface area contributed by atoms with Gasteiger partial charge in [0.25, 0.3) is 0 Å². The maximum absolute atomic E-state index is 11.1. The summed E-state index contributed by atoms with van der Waals surface area (Å²) in [5, 5.41) is 7.14. The van der Waals surface area contributed by atoms with E-state index in [2.05, 4.69) is 12.1 Å². The minimum absolute atomic E-state index is 0.103. The van der Waals surface area contributed by atoms with E-state index in [1.165, 1.54) is 5.56 Å². The Hall–Kier alpha value is -1.64. The summed E-state index contributed by atoms with van der Waals surface area (Å²) in [6, 6.07) is 10.1. The van der Waals surface area contributed by atoms with Gasteiger partial charge < -0.3 is 10.1 Å². The van der Waals surface area contributed by atoms with E-state index >= 15 is 0 Å². The van der Waals surface area contributed by atoms with E-state index in [0.29, 0.717) is 12.3 Å². The summed E-state index contributed by atoms with van der Waals surface area (Å²) in [4.78, 5) is 11.1. The molecule has 0 aromatic heterocycles. The minimum Gasteiger partial charge on any atom is -0.465 e. The van der Waals surface area contributed by atoms with Crippen LogP contribution in [0.4, 0.5) is 0 Å². The fourth-order valence-electron chi connectivity index (χ4n) is 1.37. The van der Waals surface area contributed by atoms with Crippen LogP contribution in [0, 0.1) is 5.41 Å². The molecule has 1 aromatic rings. The molecule has 86 valence electrons. The number of esters is 1. The Morgan fingerprint density at radius 1 is 1.31 bits per heavy atom. The SMILES string of the molecule is CC(=N)CC(=O)OCCCc1ccccc1. The van der Waals surface area contributed by atoms with Crippen molar-refractivity contribution < 1.29 is 9.53 Å². The predicted molar refractivity (Wildman–Crippen MR) is 63.7 cm³/mol. The number of nitrogens with one attached hydrogen (secondary N) is 1. The van der Waals surface area contributed by atoms with Crippen LogP contribution < -0.4 is 0 Å². The number of carbonyl (C=O) groups excluding carboxylic acids is 1. The summed E-state index contributed by atoms with van der Waals surface area (Å²) >= 11 is 0. The van der Waals surface area contributed by atoms with E-state index in [0.717, 1.165) is 12.8 Å². The van der Waals surface area contributed by atoms with Gasteiger partial charge in [0, 0.05) is 5.71 Å². The van der Waals surface area contributed by atoms with E-state index in [9.17, 15) is 4.79 Å². The van der Waals surface area contributed by atoms with Gasteiger partial charge in [0.2, 0.25) is 0 Å². The van der Waals surface area contributed by atoms with Crippen molar-refractivity contribution >= 4 is 11.7 Å². The zero-order chi connectivity index (χ0) is 11.8. The first kappa shape index (κ1) is 12.4. The molecule has 0 aliphatic rings. The molecule has 0 unspecified atom stereocenters. The Balaban J connectivity index is 2.13. The number of rotatable bonds is 6. The zero-order valence-corrected chi connectivity index (χ0v) is 9.53. The molecular weight excluding hydrogens is 202 g/mol. The fraction of sp³-hybridized carbons (Fsp3) is 0.385. The first-order valence-electron chi connectivity index (χ1n) is 5.42. The smallest absolute Gasteiger partial charge is 0.311 e. The third-order valence-electron chi connectivity index (χ3n) is 2.13. The van der Waals surface area contributed by atoms with Gasteiger partial charge in [-0.1, -0.05) is 30.3 Å². The number of aryl methyl sites for hydroxylation is 1. The number of hydrogen-bond donors (Lipinski definition) is 1.